The molecule has 6 heteroatoms. The Bertz CT molecular complexity index is 908. The number of carbonyl (C=O) groups is 2. The minimum absolute atomic E-state index is 0.262. The summed E-state index contributed by atoms with van der Waals surface area (Å²) in [4.78, 5) is 30.0. The Morgan fingerprint density at radius 1 is 1.36 bits per heavy atom. The number of nitrogens with zero attached hydrogens (tertiary/aromatic N) is 2. The number of hydrogen-bond donors (Lipinski definition) is 0. The van der Waals surface area contributed by atoms with Gasteiger partial charge < -0.3 is 0 Å². The lowest BCUT2D eigenvalue weighted by molar-refractivity contribution is -0.121. The van der Waals surface area contributed by atoms with Gasteiger partial charge in [-0.3, -0.25) is 14.5 Å². The van der Waals surface area contributed by atoms with Gasteiger partial charge in [0.2, 0.25) is 0 Å². The molecule has 3 rings (SSSR count). The smallest absolute Gasteiger partial charge is 0.285 e. The molecule has 0 atom stereocenters. The van der Waals surface area contributed by atoms with E-state index < -0.39 is 5.91 Å². The maximum absolute atomic E-state index is 12.2. The molecule has 0 spiro atoms. The third-order valence-electron chi connectivity index (χ3n) is 3.10. The van der Waals surface area contributed by atoms with E-state index in [0.717, 1.165) is 17.0 Å². The Hall–Kier alpha value is -2.27. The topological polar surface area (TPSA) is 49.7 Å². The molecule has 0 bridgehead atoms. The fourth-order valence-corrected chi connectivity index (χ4v) is 3.28. The highest BCUT2D eigenvalue weighted by molar-refractivity contribution is 8.26. The van der Waals surface area contributed by atoms with Gasteiger partial charge in [-0.2, -0.15) is 0 Å². The van der Waals surface area contributed by atoms with Crippen LogP contribution in [0.2, 0.25) is 0 Å². The number of carbonyl (C=O) groups excluding carboxylic acids is 2. The molecule has 0 N–H and O–H groups in total. The van der Waals surface area contributed by atoms with E-state index in [1.165, 1.54) is 4.90 Å². The first-order valence-corrected chi connectivity index (χ1v) is 7.68. The van der Waals surface area contributed by atoms with Gasteiger partial charge in [0.1, 0.15) is 9.23 Å². The molecule has 0 unspecified atom stereocenters. The van der Waals surface area contributed by atoms with Gasteiger partial charge in [0.05, 0.1) is 10.9 Å². The molecule has 1 aromatic rings. The van der Waals surface area contributed by atoms with Crippen LogP contribution in [0.3, 0.4) is 0 Å². The Morgan fingerprint density at radius 3 is 2.91 bits per heavy atom. The number of amides is 2. The van der Waals surface area contributed by atoms with Crippen LogP contribution in [0.25, 0.3) is 6.08 Å². The van der Waals surface area contributed by atoms with Gasteiger partial charge in [-0.15, -0.1) is 6.58 Å². The van der Waals surface area contributed by atoms with Crippen molar-refractivity contribution in [2.24, 2.45) is 4.99 Å². The van der Waals surface area contributed by atoms with Crippen molar-refractivity contribution in [1.29, 1.82) is 0 Å². The Labute approximate surface area is 136 Å². The van der Waals surface area contributed by atoms with Crippen molar-refractivity contribution in [1.82, 2.24) is 4.90 Å². The quantitative estimate of drug-likeness (QED) is 0.353. The highest BCUT2D eigenvalue weighted by Crippen LogP contribution is 2.30. The van der Waals surface area contributed by atoms with Crippen LogP contribution in [-0.2, 0) is 9.59 Å². The SMILES string of the molecule is C=CCN1C(=O)C(=C=C2C=c3ccccc3=NC2=O)SC1=S. The molecular weight excluding hydrogens is 316 g/mol. The van der Waals surface area contributed by atoms with Gasteiger partial charge in [-0.05, 0) is 23.9 Å². The molecule has 22 heavy (non-hydrogen) atoms. The normalized spacial score (nSPS) is 16.9. The predicted octanol–water partition coefficient (Wildman–Crippen LogP) is 1.08. The molecule has 0 aromatic heterocycles. The van der Waals surface area contributed by atoms with Crippen molar-refractivity contribution in [3.63, 3.8) is 0 Å². The van der Waals surface area contributed by atoms with E-state index in [4.69, 9.17) is 12.2 Å². The first-order valence-electron chi connectivity index (χ1n) is 6.45. The number of thiocarbonyl (C=S) groups is 1. The van der Waals surface area contributed by atoms with Gasteiger partial charge >= 0.3 is 0 Å². The van der Waals surface area contributed by atoms with Crippen molar-refractivity contribution >= 4 is 46.2 Å². The van der Waals surface area contributed by atoms with Crippen molar-refractivity contribution < 1.29 is 9.59 Å². The Morgan fingerprint density at radius 2 is 2.14 bits per heavy atom. The summed E-state index contributed by atoms with van der Waals surface area (Å²) < 4.78 is 0.439. The predicted molar refractivity (Wildman–Crippen MR) is 89.3 cm³/mol. The van der Waals surface area contributed by atoms with Crippen LogP contribution in [0.5, 0.6) is 0 Å². The number of fused-ring (bicyclic) bond motifs is 1. The van der Waals surface area contributed by atoms with Crippen molar-refractivity contribution in [3.05, 3.63) is 63.7 Å². The lowest BCUT2D eigenvalue weighted by atomic mass is 10.1. The summed E-state index contributed by atoms with van der Waals surface area (Å²) in [6.45, 7) is 3.94. The largest absolute Gasteiger partial charge is 0.288 e. The van der Waals surface area contributed by atoms with Crippen LogP contribution in [0, 0.1) is 0 Å². The summed E-state index contributed by atoms with van der Waals surface area (Å²) >= 11 is 6.28. The van der Waals surface area contributed by atoms with E-state index in [1.54, 1.807) is 18.2 Å². The minimum Gasteiger partial charge on any atom is -0.288 e. The zero-order chi connectivity index (χ0) is 15.7. The standard InChI is InChI=1S/C16H10N2O2S2/c1-2-7-18-15(20)13(22-16(18)21)9-11-8-10-5-3-4-6-12(10)17-14(11)19/h2-6,8H,1,7H2. The molecule has 0 aliphatic carbocycles. The zero-order valence-corrected chi connectivity index (χ0v) is 13.0. The number of benzene rings is 1. The molecule has 2 heterocycles. The average Bonchev–Trinajstić information content (AvgIpc) is 2.76. The monoisotopic (exact) mass is 326 g/mol. The Kier molecular flexibility index (Phi) is 3.90. The summed E-state index contributed by atoms with van der Waals surface area (Å²) in [5, 5.41) is 1.45. The molecule has 2 amide bonds. The first kappa shape index (κ1) is 14.7. The fraction of sp³-hybridized carbons (Fsp3) is 0.0625. The van der Waals surface area contributed by atoms with Gasteiger partial charge in [0.25, 0.3) is 11.8 Å². The molecule has 108 valence electrons. The second-order valence-corrected chi connectivity index (χ2v) is 6.20. The second kappa shape index (κ2) is 5.85. The van der Waals surface area contributed by atoms with Crippen LogP contribution in [0.4, 0.5) is 0 Å². The molecule has 0 saturated carbocycles. The van der Waals surface area contributed by atoms with E-state index in [0.29, 0.717) is 21.1 Å². The number of thioether (sulfide) groups is 1. The van der Waals surface area contributed by atoms with Crippen molar-refractivity contribution in [2.75, 3.05) is 6.54 Å². The van der Waals surface area contributed by atoms with Crippen LogP contribution >= 0.6 is 24.0 Å². The highest BCUT2D eigenvalue weighted by atomic mass is 32.2. The number of hydrogen-bond acceptors (Lipinski definition) is 4. The molecule has 1 fully saturated rings. The summed E-state index contributed by atoms with van der Waals surface area (Å²) in [5.74, 6) is -0.671. The summed E-state index contributed by atoms with van der Waals surface area (Å²) in [5.41, 5.74) is 3.12. The molecule has 0 radical (unpaired) electrons. The third-order valence-corrected chi connectivity index (χ3v) is 4.44. The van der Waals surface area contributed by atoms with E-state index in [-0.39, 0.29) is 11.5 Å². The van der Waals surface area contributed by atoms with Crippen LogP contribution < -0.4 is 10.6 Å². The maximum Gasteiger partial charge on any atom is 0.285 e. The second-order valence-electron chi connectivity index (χ2n) is 4.56. The minimum atomic E-state index is -0.410. The zero-order valence-electron chi connectivity index (χ0n) is 11.4. The first-order chi connectivity index (χ1) is 10.6. The molecule has 1 saturated heterocycles. The lowest BCUT2D eigenvalue weighted by Gasteiger charge is -2.09. The van der Waals surface area contributed by atoms with Crippen molar-refractivity contribution in [2.45, 2.75) is 0 Å². The molecular formula is C16H10N2O2S2. The van der Waals surface area contributed by atoms with E-state index in [1.807, 2.05) is 18.2 Å². The van der Waals surface area contributed by atoms with Gasteiger partial charge in [-0.1, -0.05) is 42.2 Å². The van der Waals surface area contributed by atoms with E-state index >= 15 is 0 Å². The maximum atomic E-state index is 12.2. The lowest BCUT2D eigenvalue weighted by Crippen LogP contribution is -2.30. The van der Waals surface area contributed by atoms with Gasteiger partial charge in [0, 0.05) is 11.8 Å². The van der Waals surface area contributed by atoms with Crippen molar-refractivity contribution in [3.8, 4) is 0 Å². The summed E-state index contributed by atoms with van der Waals surface area (Å²) in [6, 6.07) is 7.31. The van der Waals surface area contributed by atoms with E-state index in [2.05, 4.69) is 17.3 Å². The van der Waals surface area contributed by atoms with E-state index in [9.17, 15) is 9.59 Å². The average molecular weight is 326 g/mol. The van der Waals surface area contributed by atoms with Gasteiger partial charge in [-0.25, -0.2) is 4.99 Å². The number of rotatable bonds is 2. The fourth-order valence-electron chi connectivity index (χ4n) is 2.07. The molecule has 4 nitrogen and oxygen atoms in total. The van der Waals surface area contributed by atoms with Crippen LogP contribution in [-0.4, -0.2) is 27.6 Å². The molecule has 2 aliphatic heterocycles. The number of para-hydroxylation sites is 1. The third kappa shape index (κ3) is 2.60. The molecule has 2 aliphatic rings. The van der Waals surface area contributed by atoms with Crippen LogP contribution in [0.15, 0.2) is 58.1 Å². The van der Waals surface area contributed by atoms with Gasteiger partial charge in [0.15, 0.2) is 0 Å². The van der Waals surface area contributed by atoms with Crippen LogP contribution in [0.1, 0.15) is 0 Å². The summed E-state index contributed by atoms with van der Waals surface area (Å²) in [6.07, 6.45) is 3.29. The molecule has 1 aromatic carbocycles. The highest BCUT2D eigenvalue weighted by Gasteiger charge is 2.31. The summed E-state index contributed by atoms with van der Waals surface area (Å²) in [7, 11) is 0. The Balaban J connectivity index is 2.11.